The first-order chi connectivity index (χ1) is 29.1. The third-order valence-electron chi connectivity index (χ3n) is 9.71. The number of carboxylic acids is 1. The van der Waals surface area contributed by atoms with E-state index in [1.54, 1.807) is 0 Å². The van der Waals surface area contributed by atoms with Crippen LogP contribution in [0.15, 0.2) is 20.9 Å². The van der Waals surface area contributed by atoms with Crippen LogP contribution >= 0.6 is 0 Å². The van der Waals surface area contributed by atoms with E-state index in [4.69, 9.17) is 24.8 Å². The van der Waals surface area contributed by atoms with E-state index in [0.717, 1.165) is 23.8 Å². The molecule has 1 aliphatic rings. The molecule has 2 heterocycles. The smallest absolute Gasteiger partial charge is 0.330 e. The van der Waals surface area contributed by atoms with E-state index in [9.17, 15) is 43.2 Å². The minimum absolute atomic E-state index is 0.0246. The highest BCUT2D eigenvalue weighted by Crippen LogP contribution is 2.30. The number of amides is 4. The van der Waals surface area contributed by atoms with Gasteiger partial charge in [0, 0.05) is 55.8 Å². The number of carbonyl (C=O) groups excluding carboxylic acids is 6. The van der Waals surface area contributed by atoms with Gasteiger partial charge in [-0.05, 0) is 25.3 Å². The van der Waals surface area contributed by atoms with Crippen LogP contribution in [0.4, 0.5) is 0 Å². The molecule has 0 unspecified atom stereocenters. The summed E-state index contributed by atoms with van der Waals surface area (Å²) in [5.74, 6) is -5.69. The van der Waals surface area contributed by atoms with Crippen LogP contribution in [0, 0.1) is 6.92 Å². The van der Waals surface area contributed by atoms with Gasteiger partial charge >= 0.3 is 23.6 Å². The van der Waals surface area contributed by atoms with E-state index in [2.05, 4.69) is 43.2 Å². The summed E-state index contributed by atoms with van der Waals surface area (Å²) in [6.07, 6.45) is 10.7. The molecule has 2 rings (SSSR count). The lowest BCUT2D eigenvalue weighted by molar-refractivity contribution is -0.149. The number of H-pyrrole nitrogens is 1. The van der Waals surface area contributed by atoms with Gasteiger partial charge in [0.05, 0.1) is 6.04 Å². The Hall–Kier alpha value is -5.76. The number of ether oxygens (including phenoxy) is 3. The molecule has 1 aromatic rings. The van der Waals surface area contributed by atoms with E-state index in [1.807, 2.05) is 0 Å². The van der Waals surface area contributed by atoms with Crippen LogP contribution in [0.1, 0.15) is 128 Å². The highest BCUT2D eigenvalue weighted by Gasteiger charge is 2.37. The van der Waals surface area contributed by atoms with Crippen molar-refractivity contribution in [3.63, 3.8) is 0 Å². The summed E-state index contributed by atoms with van der Waals surface area (Å²) in [4.78, 5) is 115. The molecule has 61 heavy (non-hydrogen) atoms. The number of aryl methyl sites for hydroxylation is 1. The Bertz CT molecular complexity index is 1790. The molecule has 1 aliphatic heterocycles. The van der Waals surface area contributed by atoms with Crippen LogP contribution in [0.5, 0.6) is 0 Å². The average molecular weight is 864 g/mol. The van der Waals surface area contributed by atoms with Gasteiger partial charge in [0.15, 0.2) is 0 Å². The summed E-state index contributed by atoms with van der Waals surface area (Å²) >= 11 is 0. The molecule has 22 heteroatoms. The second-order valence-corrected chi connectivity index (χ2v) is 14.8. The van der Waals surface area contributed by atoms with Crippen molar-refractivity contribution in [2.24, 2.45) is 5.11 Å². The second-order valence-electron chi connectivity index (χ2n) is 14.8. The molecular weight excluding hydrogens is 802 g/mol. The Kier molecular flexibility index (Phi) is 24.1. The number of azide groups is 1. The summed E-state index contributed by atoms with van der Waals surface area (Å²) in [5.41, 5.74) is 7.92. The summed E-state index contributed by atoms with van der Waals surface area (Å²) < 4.78 is 17.5. The van der Waals surface area contributed by atoms with Crippen molar-refractivity contribution in [1.82, 2.24) is 30.8 Å². The molecule has 6 N–H and O–H groups in total. The number of hydrogen-bond acceptors (Lipinski definition) is 13. The molecule has 0 aromatic carbocycles. The van der Waals surface area contributed by atoms with Gasteiger partial charge in [-0.1, -0.05) is 76.2 Å². The number of aliphatic carboxylic acids is 1. The van der Waals surface area contributed by atoms with Gasteiger partial charge in [-0.15, -0.1) is 0 Å². The number of nitrogens with one attached hydrogen (secondary N) is 5. The van der Waals surface area contributed by atoms with E-state index in [0.29, 0.717) is 6.42 Å². The van der Waals surface area contributed by atoms with Crippen molar-refractivity contribution in [1.29, 1.82) is 0 Å². The summed E-state index contributed by atoms with van der Waals surface area (Å²) in [6, 6.07) is -3.50. The molecule has 5 atom stereocenters. The van der Waals surface area contributed by atoms with Gasteiger partial charge in [-0.25, -0.2) is 4.79 Å². The number of carbonyl (C=O) groups is 7. The normalized spacial score (nSPS) is 16.6. The highest BCUT2D eigenvalue weighted by atomic mass is 16.6. The maximum atomic E-state index is 12.9. The topological polar surface area (TPSA) is 319 Å². The predicted octanol–water partition coefficient (Wildman–Crippen LogP) is 2.08. The third kappa shape index (κ3) is 20.9. The van der Waals surface area contributed by atoms with E-state index in [-0.39, 0.29) is 37.8 Å². The first-order valence-electron chi connectivity index (χ1n) is 20.8. The number of carboxylic acid groups (broad SMARTS) is 1. The highest BCUT2D eigenvalue weighted by molar-refractivity contribution is 5.90. The van der Waals surface area contributed by atoms with Crippen LogP contribution < -0.4 is 32.5 Å². The summed E-state index contributed by atoms with van der Waals surface area (Å²) in [7, 11) is 0. The Labute approximate surface area is 353 Å². The lowest BCUT2D eigenvalue weighted by Gasteiger charge is -2.20. The second kappa shape index (κ2) is 28.7. The first-order valence-corrected chi connectivity index (χ1v) is 20.8. The summed E-state index contributed by atoms with van der Waals surface area (Å²) in [5, 5.41) is 22.1. The Balaban J connectivity index is 1.84. The Morgan fingerprint density at radius 3 is 2.15 bits per heavy atom. The molecule has 0 bridgehead atoms. The maximum absolute atomic E-state index is 12.9. The van der Waals surface area contributed by atoms with Crippen molar-refractivity contribution < 1.29 is 52.9 Å². The van der Waals surface area contributed by atoms with Crippen LogP contribution in [0.2, 0.25) is 0 Å². The molecule has 1 fully saturated rings. The van der Waals surface area contributed by atoms with Crippen molar-refractivity contribution in [3.8, 4) is 0 Å². The van der Waals surface area contributed by atoms with Crippen molar-refractivity contribution >= 4 is 41.5 Å². The quantitative estimate of drug-likeness (QED) is 0.0212. The van der Waals surface area contributed by atoms with Crippen LogP contribution in [-0.4, -0.2) is 107 Å². The Morgan fingerprint density at radius 1 is 0.902 bits per heavy atom. The SMILES string of the molecule is CCCCCCCCCCCCCC(=O)OC[C@H](NC(C)=O)C(=O)NCCC(=O)N[C@@H](CCC(=O)OC[C@H]1O[C@@H](n2cc(C)c(=O)[nH]c2=O)C[C@@H]1N=[N+]=[N-])C(=O)NCC(=O)O. The van der Waals surface area contributed by atoms with E-state index < -0.39 is 109 Å². The van der Waals surface area contributed by atoms with Gasteiger partial charge in [0.25, 0.3) is 5.56 Å². The minimum Gasteiger partial charge on any atom is -0.480 e. The molecule has 0 spiro atoms. The average Bonchev–Trinajstić information content (AvgIpc) is 3.61. The fourth-order valence-electron chi connectivity index (χ4n) is 6.39. The molecule has 340 valence electrons. The molecule has 1 aromatic heterocycles. The number of hydrogen-bond donors (Lipinski definition) is 6. The van der Waals surface area contributed by atoms with Gasteiger partial charge < -0.3 is 40.6 Å². The fourth-order valence-corrected chi connectivity index (χ4v) is 6.39. The third-order valence-corrected chi connectivity index (χ3v) is 9.71. The van der Waals surface area contributed by atoms with Crippen LogP contribution in [-0.2, 0) is 47.8 Å². The van der Waals surface area contributed by atoms with E-state index >= 15 is 0 Å². The van der Waals surface area contributed by atoms with Crippen LogP contribution in [0.3, 0.4) is 0 Å². The van der Waals surface area contributed by atoms with Gasteiger partial charge in [-0.3, -0.25) is 47.9 Å². The van der Waals surface area contributed by atoms with Gasteiger partial charge in [0.2, 0.25) is 23.6 Å². The first kappa shape index (κ1) is 51.4. The molecule has 0 aliphatic carbocycles. The molecule has 1 saturated heterocycles. The van der Waals surface area contributed by atoms with Crippen molar-refractivity contribution in [3.05, 3.63) is 43.0 Å². The lowest BCUT2D eigenvalue weighted by atomic mass is 10.1. The number of nitrogens with zero attached hydrogens (tertiary/aromatic N) is 4. The molecule has 4 amide bonds. The number of unbranched alkanes of at least 4 members (excludes halogenated alkanes) is 10. The fraction of sp³-hybridized carbons (Fsp3) is 0.718. The molecule has 22 nitrogen and oxygen atoms in total. The standard InChI is InChI=1S/C39H61N9O13/c1-4-5-6-7-8-9-10-11-12-13-14-15-34(53)59-23-29(43-26(3)49)38(57)41-19-18-31(50)44-27(37(56)42-21-33(51)52)16-17-35(54)60-24-30-28(46-47-40)20-32(61-30)48-22-25(2)36(55)45-39(48)58/h22,27-30,32H,4-21,23-24H2,1-3H3,(H,41,57)(H,42,56)(H,43,49)(H,44,50)(H,51,52)(H,45,55,58)/t27-,28-,29-,30+,32+/m0/s1. The zero-order chi connectivity index (χ0) is 45.2. The number of rotatable bonds is 30. The Morgan fingerprint density at radius 2 is 1.52 bits per heavy atom. The van der Waals surface area contributed by atoms with E-state index in [1.165, 1.54) is 65.0 Å². The van der Waals surface area contributed by atoms with Gasteiger partial charge in [-0.2, -0.15) is 0 Å². The summed E-state index contributed by atoms with van der Waals surface area (Å²) in [6.45, 7) is 2.97. The number of aromatic amines is 1. The van der Waals surface area contributed by atoms with Crippen LogP contribution in [0.25, 0.3) is 10.4 Å². The number of aromatic nitrogens is 2. The molecular formula is C39H61N9O13. The molecule has 0 radical (unpaired) electrons. The minimum atomic E-state index is -1.40. The zero-order valence-electron chi connectivity index (χ0n) is 35.2. The molecule has 0 saturated carbocycles. The predicted molar refractivity (Wildman–Crippen MR) is 218 cm³/mol. The van der Waals surface area contributed by atoms with Gasteiger partial charge in [0.1, 0.15) is 44.2 Å². The lowest BCUT2D eigenvalue weighted by Crippen LogP contribution is -2.50. The van der Waals surface area contributed by atoms with Crippen molar-refractivity contribution in [2.75, 3.05) is 26.3 Å². The number of esters is 2. The zero-order valence-corrected chi connectivity index (χ0v) is 35.2. The monoisotopic (exact) mass is 863 g/mol. The van der Waals surface area contributed by atoms with Crippen molar-refractivity contribution in [2.45, 2.75) is 154 Å². The largest absolute Gasteiger partial charge is 0.480 e. The maximum Gasteiger partial charge on any atom is 0.330 e.